The Hall–Kier alpha value is -0.730. The van der Waals surface area contributed by atoms with Gasteiger partial charge in [0.1, 0.15) is 5.60 Å². The number of carbonyl (C=O) groups is 1. The van der Waals surface area contributed by atoms with Crippen molar-refractivity contribution in [2.45, 2.75) is 65.0 Å². The van der Waals surface area contributed by atoms with Crippen LogP contribution >= 0.6 is 0 Å². The fraction of sp³-hybridized carbons (Fsp3) is 0.917. The molecule has 3 nitrogen and oxygen atoms in total. The summed E-state index contributed by atoms with van der Waals surface area (Å²) in [6, 6.07) is 0.407. The first-order chi connectivity index (χ1) is 6.94. The van der Waals surface area contributed by atoms with E-state index < -0.39 is 0 Å². The number of ether oxygens (including phenoxy) is 1. The Balaban J connectivity index is 2.51. The van der Waals surface area contributed by atoms with E-state index >= 15 is 0 Å². The van der Waals surface area contributed by atoms with Crippen molar-refractivity contribution in [3.63, 3.8) is 0 Å². The maximum Gasteiger partial charge on any atom is 0.410 e. The van der Waals surface area contributed by atoms with Crippen LogP contribution in [0.1, 0.15) is 53.4 Å². The molecule has 1 aliphatic heterocycles. The second kappa shape index (κ2) is 4.86. The summed E-state index contributed by atoms with van der Waals surface area (Å²) >= 11 is 0. The fourth-order valence-electron chi connectivity index (χ4n) is 2.03. The number of carbonyl (C=O) groups excluding carboxylic acids is 1. The van der Waals surface area contributed by atoms with E-state index in [1.165, 1.54) is 0 Å². The predicted octanol–water partition coefficient (Wildman–Crippen LogP) is 3.19. The highest BCUT2D eigenvalue weighted by molar-refractivity contribution is 5.68. The van der Waals surface area contributed by atoms with Crippen molar-refractivity contribution in [3.05, 3.63) is 0 Å². The van der Waals surface area contributed by atoms with Gasteiger partial charge >= 0.3 is 6.09 Å². The summed E-state index contributed by atoms with van der Waals surface area (Å²) in [5.74, 6) is 0. The smallest absolute Gasteiger partial charge is 0.410 e. The van der Waals surface area contributed by atoms with E-state index in [0.717, 1.165) is 32.2 Å². The summed E-state index contributed by atoms with van der Waals surface area (Å²) in [5.41, 5.74) is -0.379. The van der Waals surface area contributed by atoms with Crippen molar-refractivity contribution in [3.8, 4) is 0 Å². The Labute approximate surface area is 92.8 Å². The molecule has 15 heavy (non-hydrogen) atoms. The largest absolute Gasteiger partial charge is 0.444 e. The molecule has 1 saturated heterocycles. The third-order valence-electron chi connectivity index (χ3n) is 2.63. The summed E-state index contributed by atoms with van der Waals surface area (Å²) in [4.78, 5) is 13.7. The van der Waals surface area contributed by atoms with Gasteiger partial charge in [0, 0.05) is 12.6 Å². The molecule has 0 bridgehead atoms. The summed E-state index contributed by atoms with van der Waals surface area (Å²) in [6.07, 6.45) is 4.33. The second-order valence-corrected chi connectivity index (χ2v) is 5.26. The molecule has 1 heterocycles. The van der Waals surface area contributed by atoms with Crippen molar-refractivity contribution in [2.24, 2.45) is 0 Å². The standard InChI is InChI=1S/C12H23NO2/c1-5-7-10-8-6-9-13(10)11(14)15-12(2,3)4/h10H,5-9H2,1-4H3/t10-/m0/s1. The molecule has 1 amide bonds. The second-order valence-electron chi connectivity index (χ2n) is 5.26. The fourth-order valence-corrected chi connectivity index (χ4v) is 2.03. The summed E-state index contributed by atoms with van der Waals surface area (Å²) < 4.78 is 5.39. The van der Waals surface area contributed by atoms with Crippen LogP contribution in [0, 0.1) is 0 Å². The third-order valence-corrected chi connectivity index (χ3v) is 2.63. The molecule has 0 saturated carbocycles. The van der Waals surface area contributed by atoms with Crippen LogP contribution in [0.4, 0.5) is 4.79 Å². The van der Waals surface area contributed by atoms with E-state index in [0.29, 0.717) is 6.04 Å². The lowest BCUT2D eigenvalue weighted by molar-refractivity contribution is 0.0220. The first kappa shape index (κ1) is 12.3. The van der Waals surface area contributed by atoms with Gasteiger partial charge in [-0.05, 0) is 40.0 Å². The zero-order valence-electron chi connectivity index (χ0n) is 10.4. The molecule has 0 aliphatic carbocycles. The van der Waals surface area contributed by atoms with Gasteiger partial charge in [0.05, 0.1) is 0 Å². The third kappa shape index (κ3) is 3.73. The molecule has 3 heteroatoms. The van der Waals surface area contributed by atoms with Gasteiger partial charge in [-0.3, -0.25) is 0 Å². The van der Waals surface area contributed by atoms with Crippen LogP contribution in [-0.4, -0.2) is 29.2 Å². The van der Waals surface area contributed by atoms with Gasteiger partial charge in [-0.1, -0.05) is 13.3 Å². The monoisotopic (exact) mass is 213 g/mol. The van der Waals surface area contributed by atoms with Gasteiger partial charge in [0.25, 0.3) is 0 Å². The van der Waals surface area contributed by atoms with E-state index in [1.807, 2.05) is 25.7 Å². The first-order valence-corrected chi connectivity index (χ1v) is 5.93. The Morgan fingerprint density at radius 1 is 1.47 bits per heavy atom. The van der Waals surface area contributed by atoms with E-state index in [4.69, 9.17) is 4.74 Å². The number of amides is 1. The lowest BCUT2D eigenvalue weighted by Gasteiger charge is -2.28. The zero-order valence-corrected chi connectivity index (χ0v) is 10.4. The van der Waals surface area contributed by atoms with Gasteiger partial charge in [-0.25, -0.2) is 4.79 Å². The molecule has 1 fully saturated rings. The lowest BCUT2D eigenvalue weighted by Crippen LogP contribution is -2.39. The van der Waals surface area contributed by atoms with Gasteiger partial charge in [0.15, 0.2) is 0 Å². The maximum atomic E-state index is 11.8. The van der Waals surface area contributed by atoms with Gasteiger partial charge in [0.2, 0.25) is 0 Å². The lowest BCUT2D eigenvalue weighted by atomic mass is 10.1. The average Bonchev–Trinajstić information content (AvgIpc) is 2.49. The first-order valence-electron chi connectivity index (χ1n) is 5.93. The maximum absolute atomic E-state index is 11.8. The highest BCUT2D eigenvalue weighted by Gasteiger charge is 2.31. The van der Waals surface area contributed by atoms with Crippen molar-refractivity contribution < 1.29 is 9.53 Å². The molecule has 0 radical (unpaired) electrons. The minimum absolute atomic E-state index is 0.140. The topological polar surface area (TPSA) is 29.5 Å². The average molecular weight is 213 g/mol. The summed E-state index contributed by atoms with van der Waals surface area (Å²) in [6.45, 7) is 8.76. The van der Waals surface area contributed by atoms with E-state index in [9.17, 15) is 4.79 Å². The normalized spacial score (nSPS) is 21.9. The molecule has 0 aromatic carbocycles. The van der Waals surface area contributed by atoms with Crippen LogP contribution in [0.2, 0.25) is 0 Å². The zero-order chi connectivity index (χ0) is 11.5. The number of hydrogen-bond acceptors (Lipinski definition) is 2. The van der Waals surface area contributed by atoms with Gasteiger partial charge < -0.3 is 9.64 Å². The number of nitrogens with zero attached hydrogens (tertiary/aromatic N) is 1. The van der Waals surface area contributed by atoms with Gasteiger partial charge in [-0.2, -0.15) is 0 Å². The molecule has 0 spiro atoms. The molecule has 1 rings (SSSR count). The molecule has 1 atom stereocenters. The predicted molar refractivity (Wildman–Crippen MR) is 60.9 cm³/mol. The van der Waals surface area contributed by atoms with Crippen molar-refractivity contribution in [2.75, 3.05) is 6.54 Å². The van der Waals surface area contributed by atoms with E-state index in [-0.39, 0.29) is 11.7 Å². The summed E-state index contributed by atoms with van der Waals surface area (Å²) in [7, 11) is 0. The summed E-state index contributed by atoms with van der Waals surface area (Å²) in [5, 5.41) is 0. The molecule has 88 valence electrons. The minimum Gasteiger partial charge on any atom is -0.444 e. The molecular formula is C12H23NO2. The van der Waals surface area contributed by atoms with Crippen LogP contribution in [0.5, 0.6) is 0 Å². The molecule has 1 aliphatic rings. The van der Waals surface area contributed by atoms with E-state index in [2.05, 4.69) is 6.92 Å². The molecule has 0 N–H and O–H groups in total. The van der Waals surface area contributed by atoms with Crippen LogP contribution < -0.4 is 0 Å². The van der Waals surface area contributed by atoms with Crippen LogP contribution in [0.25, 0.3) is 0 Å². The van der Waals surface area contributed by atoms with Crippen molar-refractivity contribution >= 4 is 6.09 Å². The quantitative estimate of drug-likeness (QED) is 0.705. The van der Waals surface area contributed by atoms with Crippen LogP contribution in [0.3, 0.4) is 0 Å². The Morgan fingerprint density at radius 3 is 2.67 bits per heavy atom. The number of hydrogen-bond donors (Lipinski definition) is 0. The molecule has 0 aromatic heterocycles. The highest BCUT2D eigenvalue weighted by Crippen LogP contribution is 2.23. The van der Waals surface area contributed by atoms with Crippen molar-refractivity contribution in [1.82, 2.24) is 4.90 Å². The van der Waals surface area contributed by atoms with Crippen LogP contribution in [-0.2, 0) is 4.74 Å². The highest BCUT2D eigenvalue weighted by atomic mass is 16.6. The van der Waals surface area contributed by atoms with Crippen LogP contribution in [0.15, 0.2) is 0 Å². The molecule has 0 aromatic rings. The molecular weight excluding hydrogens is 190 g/mol. The van der Waals surface area contributed by atoms with Crippen molar-refractivity contribution in [1.29, 1.82) is 0 Å². The minimum atomic E-state index is -0.379. The Kier molecular flexibility index (Phi) is 4.00. The Morgan fingerprint density at radius 2 is 2.13 bits per heavy atom. The molecule has 0 unspecified atom stereocenters. The number of likely N-dealkylation sites (tertiary alicyclic amines) is 1. The number of rotatable bonds is 2. The van der Waals surface area contributed by atoms with Gasteiger partial charge in [-0.15, -0.1) is 0 Å². The van der Waals surface area contributed by atoms with E-state index in [1.54, 1.807) is 0 Å². The Bertz CT molecular complexity index is 220. The SMILES string of the molecule is CCC[C@H]1CCCN1C(=O)OC(C)(C)C.